The molecule has 0 bridgehead atoms. The SMILES string of the molecule is O=C(Cc1c[nH]c2ccccc12)Nc1ccc(NCc2ccccc2)c(Cl)c1. The van der Waals surface area contributed by atoms with Gasteiger partial charge in [-0.25, -0.2) is 0 Å². The first-order valence-electron chi connectivity index (χ1n) is 9.11. The van der Waals surface area contributed by atoms with Crippen molar-refractivity contribution in [2.45, 2.75) is 13.0 Å². The Hall–Kier alpha value is -3.24. The van der Waals surface area contributed by atoms with Gasteiger partial charge < -0.3 is 15.6 Å². The number of nitrogens with one attached hydrogen (secondary N) is 3. The van der Waals surface area contributed by atoms with E-state index in [4.69, 9.17) is 11.6 Å². The second-order valence-corrected chi connectivity index (χ2v) is 7.03. The fourth-order valence-corrected chi connectivity index (χ4v) is 3.43. The number of para-hydroxylation sites is 1. The van der Waals surface area contributed by atoms with Gasteiger partial charge in [0, 0.05) is 29.3 Å². The molecule has 0 aliphatic rings. The molecule has 1 amide bonds. The molecule has 4 nitrogen and oxygen atoms in total. The fraction of sp³-hybridized carbons (Fsp3) is 0.0870. The quantitative estimate of drug-likeness (QED) is 0.401. The number of hydrogen-bond donors (Lipinski definition) is 3. The summed E-state index contributed by atoms with van der Waals surface area (Å²) in [6.45, 7) is 0.687. The van der Waals surface area contributed by atoms with Crippen LogP contribution in [-0.2, 0) is 17.8 Å². The van der Waals surface area contributed by atoms with E-state index in [0.717, 1.165) is 22.2 Å². The van der Waals surface area contributed by atoms with Crippen LogP contribution in [0.4, 0.5) is 11.4 Å². The molecule has 28 heavy (non-hydrogen) atoms. The topological polar surface area (TPSA) is 56.9 Å². The first-order chi connectivity index (χ1) is 13.7. The Morgan fingerprint density at radius 2 is 1.75 bits per heavy atom. The van der Waals surface area contributed by atoms with Crippen LogP contribution < -0.4 is 10.6 Å². The minimum absolute atomic E-state index is 0.0779. The molecule has 0 spiro atoms. The summed E-state index contributed by atoms with van der Waals surface area (Å²) in [6.07, 6.45) is 2.18. The average molecular weight is 390 g/mol. The van der Waals surface area contributed by atoms with Crippen molar-refractivity contribution in [3.8, 4) is 0 Å². The summed E-state index contributed by atoms with van der Waals surface area (Å²) < 4.78 is 0. The van der Waals surface area contributed by atoms with Crippen LogP contribution in [0.5, 0.6) is 0 Å². The van der Waals surface area contributed by atoms with Crippen LogP contribution in [0, 0.1) is 0 Å². The standard InChI is InChI=1S/C23H20ClN3O/c24-20-13-18(10-11-22(20)25-14-16-6-2-1-3-7-16)27-23(28)12-17-15-26-21-9-5-4-8-19(17)21/h1-11,13,15,25-26H,12,14H2,(H,27,28). The highest BCUT2D eigenvalue weighted by Gasteiger charge is 2.10. The molecule has 4 rings (SSSR count). The van der Waals surface area contributed by atoms with Crippen LogP contribution in [0.15, 0.2) is 79.0 Å². The van der Waals surface area contributed by atoms with Crippen LogP contribution >= 0.6 is 11.6 Å². The van der Waals surface area contributed by atoms with Crippen molar-refractivity contribution in [1.29, 1.82) is 0 Å². The fourth-order valence-electron chi connectivity index (χ4n) is 3.19. The van der Waals surface area contributed by atoms with Crippen molar-refractivity contribution in [2.75, 3.05) is 10.6 Å². The number of aromatic nitrogens is 1. The molecule has 0 fully saturated rings. The molecule has 5 heteroatoms. The second-order valence-electron chi connectivity index (χ2n) is 6.62. The smallest absolute Gasteiger partial charge is 0.228 e. The minimum atomic E-state index is -0.0779. The van der Waals surface area contributed by atoms with Gasteiger partial charge in [0.2, 0.25) is 5.91 Å². The summed E-state index contributed by atoms with van der Waals surface area (Å²) in [4.78, 5) is 15.6. The number of fused-ring (bicyclic) bond motifs is 1. The van der Waals surface area contributed by atoms with Crippen LogP contribution in [0.3, 0.4) is 0 Å². The Bertz CT molecular complexity index is 1110. The average Bonchev–Trinajstić information content (AvgIpc) is 3.11. The zero-order chi connectivity index (χ0) is 19.3. The lowest BCUT2D eigenvalue weighted by Gasteiger charge is -2.11. The summed E-state index contributed by atoms with van der Waals surface area (Å²) in [5.41, 5.74) is 4.69. The molecule has 0 atom stereocenters. The van der Waals surface area contributed by atoms with Gasteiger partial charge in [-0.15, -0.1) is 0 Å². The van der Waals surface area contributed by atoms with E-state index in [9.17, 15) is 4.79 Å². The Morgan fingerprint density at radius 3 is 2.57 bits per heavy atom. The number of carbonyl (C=O) groups is 1. The summed E-state index contributed by atoms with van der Waals surface area (Å²) in [5, 5.41) is 7.88. The molecule has 0 aliphatic heterocycles. The third kappa shape index (κ3) is 4.18. The molecule has 3 aromatic carbocycles. The summed E-state index contributed by atoms with van der Waals surface area (Å²) in [6, 6.07) is 23.6. The molecule has 1 heterocycles. The maximum atomic E-state index is 12.4. The normalized spacial score (nSPS) is 10.8. The molecule has 1 aromatic heterocycles. The zero-order valence-corrected chi connectivity index (χ0v) is 16.0. The molecular formula is C23H20ClN3O. The van der Waals surface area contributed by atoms with Gasteiger partial charge in [-0.3, -0.25) is 4.79 Å². The molecule has 0 unspecified atom stereocenters. The van der Waals surface area contributed by atoms with E-state index in [2.05, 4.69) is 27.8 Å². The van der Waals surface area contributed by atoms with Crippen molar-refractivity contribution in [2.24, 2.45) is 0 Å². The predicted octanol–water partition coefficient (Wildman–Crippen LogP) is 5.61. The number of carbonyl (C=O) groups excluding carboxylic acids is 1. The summed E-state index contributed by atoms with van der Waals surface area (Å²) >= 11 is 6.38. The lowest BCUT2D eigenvalue weighted by molar-refractivity contribution is -0.115. The van der Waals surface area contributed by atoms with Gasteiger partial charge in [0.15, 0.2) is 0 Å². The molecule has 0 saturated carbocycles. The second kappa shape index (κ2) is 8.19. The van der Waals surface area contributed by atoms with Crippen LogP contribution in [-0.4, -0.2) is 10.9 Å². The van der Waals surface area contributed by atoms with Crippen molar-refractivity contribution < 1.29 is 4.79 Å². The zero-order valence-electron chi connectivity index (χ0n) is 15.2. The number of H-pyrrole nitrogens is 1. The maximum Gasteiger partial charge on any atom is 0.228 e. The summed E-state index contributed by atoms with van der Waals surface area (Å²) in [5.74, 6) is -0.0779. The Labute approximate surface area is 168 Å². The van der Waals surface area contributed by atoms with E-state index in [0.29, 0.717) is 23.7 Å². The van der Waals surface area contributed by atoms with E-state index < -0.39 is 0 Å². The minimum Gasteiger partial charge on any atom is -0.380 e. The molecule has 0 saturated heterocycles. The Kier molecular flexibility index (Phi) is 5.31. The highest BCUT2D eigenvalue weighted by molar-refractivity contribution is 6.33. The largest absolute Gasteiger partial charge is 0.380 e. The lowest BCUT2D eigenvalue weighted by atomic mass is 10.1. The van der Waals surface area contributed by atoms with Crippen LogP contribution in [0.25, 0.3) is 10.9 Å². The number of benzene rings is 3. The van der Waals surface area contributed by atoms with E-state index in [-0.39, 0.29) is 5.91 Å². The number of hydrogen-bond acceptors (Lipinski definition) is 2. The van der Waals surface area contributed by atoms with Gasteiger partial charge in [-0.2, -0.15) is 0 Å². The first kappa shape index (κ1) is 18.1. The van der Waals surface area contributed by atoms with E-state index in [1.54, 1.807) is 6.07 Å². The van der Waals surface area contributed by atoms with E-state index in [1.807, 2.05) is 60.8 Å². The van der Waals surface area contributed by atoms with Crippen LogP contribution in [0.2, 0.25) is 5.02 Å². The highest BCUT2D eigenvalue weighted by atomic mass is 35.5. The van der Waals surface area contributed by atoms with Gasteiger partial charge >= 0.3 is 0 Å². The molecular weight excluding hydrogens is 370 g/mol. The number of aromatic amines is 1. The Balaban J connectivity index is 1.39. The number of rotatable bonds is 6. The molecule has 0 aliphatic carbocycles. The van der Waals surface area contributed by atoms with Crippen molar-refractivity contribution >= 4 is 39.8 Å². The van der Waals surface area contributed by atoms with Gasteiger partial charge in [-0.05, 0) is 35.4 Å². The molecule has 0 radical (unpaired) electrons. The first-order valence-corrected chi connectivity index (χ1v) is 9.49. The third-order valence-corrected chi connectivity index (χ3v) is 4.92. The third-order valence-electron chi connectivity index (χ3n) is 4.60. The number of anilines is 2. The number of halogens is 1. The Morgan fingerprint density at radius 1 is 0.964 bits per heavy atom. The van der Waals surface area contributed by atoms with Crippen LogP contribution in [0.1, 0.15) is 11.1 Å². The lowest BCUT2D eigenvalue weighted by Crippen LogP contribution is -2.14. The van der Waals surface area contributed by atoms with Gasteiger partial charge in [0.25, 0.3) is 0 Å². The van der Waals surface area contributed by atoms with Crippen molar-refractivity contribution in [3.05, 3.63) is 95.1 Å². The van der Waals surface area contributed by atoms with E-state index >= 15 is 0 Å². The molecule has 3 N–H and O–H groups in total. The van der Waals surface area contributed by atoms with Gasteiger partial charge in [-0.1, -0.05) is 60.1 Å². The van der Waals surface area contributed by atoms with E-state index in [1.165, 1.54) is 5.56 Å². The summed E-state index contributed by atoms with van der Waals surface area (Å²) in [7, 11) is 0. The monoisotopic (exact) mass is 389 g/mol. The highest BCUT2D eigenvalue weighted by Crippen LogP contribution is 2.26. The van der Waals surface area contributed by atoms with Gasteiger partial charge in [0.1, 0.15) is 0 Å². The maximum absolute atomic E-state index is 12.4. The van der Waals surface area contributed by atoms with Gasteiger partial charge in [0.05, 0.1) is 17.1 Å². The molecule has 140 valence electrons. The number of amides is 1. The van der Waals surface area contributed by atoms with Crippen molar-refractivity contribution in [1.82, 2.24) is 4.98 Å². The van der Waals surface area contributed by atoms with Crippen molar-refractivity contribution in [3.63, 3.8) is 0 Å². The molecule has 4 aromatic rings. The predicted molar refractivity (Wildman–Crippen MR) is 116 cm³/mol.